The molecule has 4 heteroatoms. The van der Waals surface area contributed by atoms with Gasteiger partial charge < -0.3 is 9.84 Å². The Kier molecular flexibility index (Phi) is 3.02. The Bertz CT molecular complexity index is 312. The highest BCUT2D eigenvalue weighted by Crippen LogP contribution is 2.44. The van der Waals surface area contributed by atoms with Gasteiger partial charge >= 0.3 is 5.97 Å². The van der Waals surface area contributed by atoms with Crippen molar-refractivity contribution in [3.63, 3.8) is 0 Å². The van der Waals surface area contributed by atoms with Gasteiger partial charge in [0.25, 0.3) is 0 Å². The van der Waals surface area contributed by atoms with Gasteiger partial charge in [0.2, 0.25) is 0 Å². The number of esters is 1. The number of aliphatic hydroxyl groups is 1. The Morgan fingerprint density at radius 1 is 1.62 bits per heavy atom. The molecule has 0 spiro atoms. The summed E-state index contributed by atoms with van der Waals surface area (Å²) >= 11 is 0. The molecule has 2 aliphatic rings. The van der Waals surface area contributed by atoms with Crippen LogP contribution in [0.5, 0.6) is 0 Å². The van der Waals surface area contributed by atoms with E-state index in [1.807, 2.05) is 0 Å². The van der Waals surface area contributed by atoms with Gasteiger partial charge in [0.05, 0.1) is 12.2 Å². The number of carbonyl (C=O) groups is 2. The maximum atomic E-state index is 11.9. The van der Waals surface area contributed by atoms with E-state index >= 15 is 0 Å². The SMILES string of the molecule is CCOC(=O)[C@@H]1C(=O)C[C@@]2(O)CCC[C@@H]1C2. The molecule has 0 amide bonds. The second-order valence-corrected chi connectivity index (χ2v) is 4.95. The van der Waals surface area contributed by atoms with Crippen molar-refractivity contribution in [2.75, 3.05) is 6.61 Å². The van der Waals surface area contributed by atoms with Crippen LogP contribution in [-0.4, -0.2) is 29.1 Å². The molecule has 2 saturated carbocycles. The molecule has 16 heavy (non-hydrogen) atoms. The predicted octanol–water partition coefficient (Wildman–Crippen LogP) is 1.06. The van der Waals surface area contributed by atoms with Crippen molar-refractivity contribution in [1.29, 1.82) is 0 Å². The molecule has 0 saturated heterocycles. The van der Waals surface area contributed by atoms with Crippen LogP contribution in [0.25, 0.3) is 0 Å². The molecule has 0 aromatic heterocycles. The van der Waals surface area contributed by atoms with E-state index in [0.717, 1.165) is 12.8 Å². The van der Waals surface area contributed by atoms with Gasteiger partial charge in [0.15, 0.2) is 0 Å². The minimum atomic E-state index is -0.844. The molecule has 0 aromatic rings. The van der Waals surface area contributed by atoms with E-state index in [4.69, 9.17) is 4.74 Å². The van der Waals surface area contributed by atoms with Gasteiger partial charge in [-0.1, -0.05) is 6.42 Å². The van der Waals surface area contributed by atoms with Crippen molar-refractivity contribution in [1.82, 2.24) is 0 Å². The third kappa shape index (κ3) is 1.98. The lowest BCUT2D eigenvalue weighted by atomic mass is 9.64. The lowest BCUT2D eigenvalue weighted by Gasteiger charge is -2.43. The summed E-state index contributed by atoms with van der Waals surface area (Å²) in [5, 5.41) is 10.1. The molecule has 2 rings (SSSR count). The molecule has 0 aromatic carbocycles. The van der Waals surface area contributed by atoms with Crippen molar-refractivity contribution in [3.8, 4) is 0 Å². The Hall–Kier alpha value is -0.900. The maximum Gasteiger partial charge on any atom is 0.316 e. The summed E-state index contributed by atoms with van der Waals surface area (Å²) in [5.74, 6) is -1.18. The second-order valence-electron chi connectivity index (χ2n) is 4.95. The number of hydrogen-bond donors (Lipinski definition) is 1. The zero-order valence-electron chi connectivity index (χ0n) is 9.57. The summed E-state index contributed by atoms with van der Waals surface area (Å²) in [4.78, 5) is 23.6. The fraction of sp³-hybridized carbons (Fsp3) is 0.833. The summed E-state index contributed by atoms with van der Waals surface area (Å²) in [7, 11) is 0. The summed E-state index contributed by atoms with van der Waals surface area (Å²) in [6.45, 7) is 2.04. The minimum Gasteiger partial charge on any atom is -0.465 e. The van der Waals surface area contributed by atoms with Gasteiger partial charge in [-0.25, -0.2) is 0 Å². The Morgan fingerprint density at radius 2 is 2.38 bits per heavy atom. The van der Waals surface area contributed by atoms with Gasteiger partial charge in [-0.15, -0.1) is 0 Å². The van der Waals surface area contributed by atoms with Gasteiger partial charge in [0.1, 0.15) is 11.7 Å². The van der Waals surface area contributed by atoms with Crippen molar-refractivity contribution < 1.29 is 19.4 Å². The quantitative estimate of drug-likeness (QED) is 0.565. The van der Waals surface area contributed by atoms with E-state index in [0.29, 0.717) is 19.4 Å². The fourth-order valence-corrected chi connectivity index (χ4v) is 3.08. The Morgan fingerprint density at radius 3 is 3.06 bits per heavy atom. The lowest BCUT2D eigenvalue weighted by molar-refractivity contribution is -0.163. The van der Waals surface area contributed by atoms with Crippen LogP contribution in [-0.2, 0) is 14.3 Å². The van der Waals surface area contributed by atoms with Crippen LogP contribution in [0.1, 0.15) is 39.0 Å². The summed E-state index contributed by atoms with van der Waals surface area (Å²) in [5.41, 5.74) is -0.844. The first-order chi connectivity index (χ1) is 7.56. The van der Waals surface area contributed by atoms with E-state index in [1.165, 1.54) is 0 Å². The summed E-state index contributed by atoms with van der Waals surface area (Å²) in [6, 6.07) is 0. The highest BCUT2D eigenvalue weighted by molar-refractivity contribution is 6.00. The van der Waals surface area contributed by atoms with Crippen LogP contribution >= 0.6 is 0 Å². The highest BCUT2D eigenvalue weighted by Gasteiger charge is 2.49. The third-order valence-electron chi connectivity index (χ3n) is 3.72. The van der Waals surface area contributed by atoms with E-state index in [1.54, 1.807) is 6.92 Å². The molecule has 90 valence electrons. The fourth-order valence-electron chi connectivity index (χ4n) is 3.08. The van der Waals surface area contributed by atoms with E-state index in [2.05, 4.69) is 0 Å². The largest absolute Gasteiger partial charge is 0.465 e. The van der Waals surface area contributed by atoms with Crippen molar-refractivity contribution in [3.05, 3.63) is 0 Å². The van der Waals surface area contributed by atoms with Crippen LogP contribution in [0.4, 0.5) is 0 Å². The minimum absolute atomic E-state index is 0.0148. The van der Waals surface area contributed by atoms with Crippen LogP contribution in [0.2, 0.25) is 0 Å². The number of ketones is 1. The van der Waals surface area contributed by atoms with Gasteiger partial charge in [-0.2, -0.15) is 0 Å². The molecule has 1 N–H and O–H groups in total. The van der Waals surface area contributed by atoms with Crippen molar-refractivity contribution in [2.45, 2.75) is 44.6 Å². The molecular formula is C12H18O4. The zero-order chi connectivity index (χ0) is 11.8. The molecule has 2 bridgehead atoms. The average molecular weight is 226 g/mol. The van der Waals surface area contributed by atoms with E-state index in [-0.39, 0.29) is 18.1 Å². The van der Waals surface area contributed by atoms with Crippen LogP contribution in [0, 0.1) is 11.8 Å². The summed E-state index contributed by atoms with van der Waals surface area (Å²) < 4.78 is 4.93. The highest BCUT2D eigenvalue weighted by atomic mass is 16.5. The molecule has 0 unspecified atom stereocenters. The number of hydrogen-bond acceptors (Lipinski definition) is 4. The molecular weight excluding hydrogens is 208 g/mol. The second kappa shape index (κ2) is 4.17. The van der Waals surface area contributed by atoms with Crippen LogP contribution < -0.4 is 0 Å². The molecule has 4 nitrogen and oxygen atoms in total. The number of ether oxygens (including phenoxy) is 1. The Balaban J connectivity index is 2.14. The lowest BCUT2D eigenvalue weighted by Crippen LogP contribution is -2.50. The monoisotopic (exact) mass is 226 g/mol. The maximum absolute atomic E-state index is 11.9. The molecule has 2 aliphatic carbocycles. The summed E-state index contributed by atoms with van der Waals surface area (Å²) in [6.07, 6.45) is 3.11. The van der Waals surface area contributed by atoms with Crippen LogP contribution in [0.3, 0.4) is 0 Å². The Labute approximate surface area is 95.0 Å². The van der Waals surface area contributed by atoms with Gasteiger partial charge in [-0.05, 0) is 32.1 Å². The molecule has 0 radical (unpaired) electrons. The topological polar surface area (TPSA) is 63.6 Å². The van der Waals surface area contributed by atoms with Crippen LogP contribution in [0.15, 0.2) is 0 Å². The number of Topliss-reactive ketones (excluding diaryl/α,β-unsaturated/α-hetero) is 1. The first-order valence-electron chi connectivity index (χ1n) is 5.97. The zero-order valence-corrected chi connectivity index (χ0v) is 9.57. The van der Waals surface area contributed by atoms with E-state index in [9.17, 15) is 14.7 Å². The predicted molar refractivity (Wildman–Crippen MR) is 56.7 cm³/mol. The number of fused-ring (bicyclic) bond motifs is 2. The van der Waals surface area contributed by atoms with Crippen molar-refractivity contribution in [2.24, 2.45) is 11.8 Å². The number of rotatable bonds is 2. The smallest absolute Gasteiger partial charge is 0.316 e. The van der Waals surface area contributed by atoms with Gasteiger partial charge in [0, 0.05) is 6.42 Å². The molecule has 0 heterocycles. The van der Waals surface area contributed by atoms with Gasteiger partial charge in [-0.3, -0.25) is 9.59 Å². The first-order valence-corrected chi connectivity index (χ1v) is 5.97. The van der Waals surface area contributed by atoms with E-state index < -0.39 is 17.5 Å². The molecule has 3 atom stereocenters. The third-order valence-corrected chi connectivity index (χ3v) is 3.72. The first kappa shape index (κ1) is 11.6. The number of carbonyl (C=O) groups excluding carboxylic acids is 2. The molecule has 2 fully saturated rings. The normalized spacial score (nSPS) is 38.2. The standard InChI is InChI=1S/C12H18O4/c1-2-16-11(14)10-8-4-3-5-12(15,6-8)7-9(10)13/h8,10,15H,2-7H2,1H3/t8-,10+,12-/m1/s1. The van der Waals surface area contributed by atoms with Crippen molar-refractivity contribution >= 4 is 11.8 Å². The molecule has 0 aliphatic heterocycles. The average Bonchev–Trinajstić information content (AvgIpc) is 2.15.